The number of aromatic nitrogens is 2. The van der Waals surface area contributed by atoms with E-state index in [2.05, 4.69) is 9.97 Å². The molecule has 0 aliphatic heterocycles. The molecular formula is C15H25ClN2O3. The smallest absolute Gasteiger partial charge is 0.221 e. The van der Waals surface area contributed by atoms with E-state index in [1.54, 1.807) is 7.11 Å². The maximum absolute atomic E-state index is 6.15. The first-order valence-electron chi connectivity index (χ1n) is 7.10. The Labute approximate surface area is 132 Å². The lowest BCUT2D eigenvalue weighted by Gasteiger charge is -2.19. The van der Waals surface area contributed by atoms with Gasteiger partial charge >= 0.3 is 0 Å². The fraction of sp³-hybridized carbons (Fsp3) is 0.733. The molecule has 1 heterocycles. The van der Waals surface area contributed by atoms with Crippen LogP contribution in [0, 0.1) is 6.92 Å². The van der Waals surface area contributed by atoms with Crippen molar-refractivity contribution < 1.29 is 14.2 Å². The van der Waals surface area contributed by atoms with Crippen molar-refractivity contribution in [1.29, 1.82) is 0 Å². The molecule has 0 aromatic carbocycles. The van der Waals surface area contributed by atoms with Crippen LogP contribution in [0.2, 0.25) is 5.15 Å². The van der Waals surface area contributed by atoms with Gasteiger partial charge in [0, 0.05) is 31.3 Å². The van der Waals surface area contributed by atoms with E-state index in [9.17, 15) is 0 Å². The predicted molar refractivity (Wildman–Crippen MR) is 83.3 cm³/mol. The third-order valence-electron chi connectivity index (χ3n) is 2.82. The molecule has 0 saturated heterocycles. The van der Waals surface area contributed by atoms with Crippen molar-refractivity contribution in [2.24, 2.45) is 0 Å². The average Bonchev–Trinajstić information content (AvgIpc) is 2.41. The van der Waals surface area contributed by atoms with Crippen LogP contribution in [0.1, 0.15) is 38.6 Å². The summed E-state index contributed by atoms with van der Waals surface area (Å²) in [7, 11) is 1.68. The fourth-order valence-corrected chi connectivity index (χ4v) is 1.71. The first-order valence-corrected chi connectivity index (χ1v) is 7.48. The molecule has 1 aromatic heterocycles. The van der Waals surface area contributed by atoms with Gasteiger partial charge in [0.25, 0.3) is 0 Å². The Hall–Kier alpha value is -0.910. The predicted octanol–water partition coefficient (Wildman–Crippen LogP) is 3.17. The van der Waals surface area contributed by atoms with Gasteiger partial charge in [0.05, 0.1) is 6.61 Å². The highest BCUT2D eigenvalue weighted by Gasteiger charge is 2.21. The quantitative estimate of drug-likeness (QED) is 0.544. The maximum Gasteiger partial charge on any atom is 0.221 e. The summed E-state index contributed by atoms with van der Waals surface area (Å²) in [5.74, 6) is 1.20. The third-order valence-corrected chi connectivity index (χ3v) is 3.18. The zero-order valence-corrected chi connectivity index (χ0v) is 14.3. The number of methoxy groups -OCH3 is 1. The Morgan fingerprint density at radius 2 is 1.76 bits per heavy atom. The summed E-state index contributed by atoms with van der Waals surface area (Å²) < 4.78 is 16.1. The molecule has 0 bridgehead atoms. The zero-order chi connectivity index (χ0) is 15.9. The van der Waals surface area contributed by atoms with E-state index >= 15 is 0 Å². The fourth-order valence-electron chi connectivity index (χ4n) is 1.55. The average molecular weight is 317 g/mol. The lowest BCUT2D eigenvalue weighted by molar-refractivity contribution is 0.0792. The van der Waals surface area contributed by atoms with Crippen LogP contribution in [0.25, 0.3) is 0 Å². The summed E-state index contributed by atoms with van der Waals surface area (Å²) in [5, 5.41) is 0.436. The minimum absolute atomic E-state index is 0.175. The number of halogens is 1. The van der Waals surface area contributed by atoms with Gasteiger partial charge in [-0.1, -0.05) is 32.4 Å². The molecule has 0 atom stereocenters. The molecule has 120 valence electrons. The molecule has 0 amide bonds. The Bertz CT molecular complexity index is 447. The zero-order valence-electron chi connectivity index (χ0n) is 13.5. The lowest BCUT2D eigenvalue weighted by atomic mass is 9.96. The molecule has 21 heavy (non-hydrogen) atoms. The van der Waals surface area contributed by atoms with Gasteiger partial charge in [0.1, 0.15) is 17.6 Å². The first kappa shape index (κ1) is 18.1. The normalized spacial score (nSPS) is 11.7. The van der Waals surface area contributed by atoms with Gasteiger partial charge in [-0.05, 0) is 13.3 Å². The SMILES string of the molecule is COCCCOCCOc1nc(C(C)(C)C)nc(Cl)c1C. The minimum atomic E-state index is -0.175. The van der Waals surface area contributed by atoms with Crippen LogP contribution in [0.15, 0.2) is 0 Å². The van der Waals surface area contributed by atoms with Gasteiger partial charge in [-0.25, -0.2) is 4.98 Å². The van der Waals surface area contributed by atoms with Gasteiger partial charge in [0.2, 0.25) is 5.88 Å². The Kier molecular flexibility index (Phi) is 7.35. The largest absolute Gasteiger partial charge is 0.475 e. The van der Waals surface area contributed by atoms with E-state index in [1.807, 2.05) is 27.7 Å². The van der Waals surface area contributed by atoms with Gasteiger partial charge < -0.3 is 14.2 Å². The van der Waals surface area contributed by atoms with Crippen LogP contribution in [0.3, 0.4) is 0 Å². The summed E-state index contributed by atoms with van der Waals surface area (Å²) in [4.78, 5) is 8.77. The molecule has 0 aliphatic rings. The molecule has 0 fully saturated rings. The van der Waals surface area contributed by atoms with Gasteiger partial charge in [-0.2, -0.15) is 4.98 Å². The van der Waals surface area contributed by atoms with Crippen LogP contribution >= 0.6 is 11.6 Å². The number of hydrogen-bond donors (Lipinski definition) is 0. The Morgan fingerprint density at radius 3 is 2.38 bits per heavy atom. The molecule has 0 aliphatic carbocycles. The van der Waals surface area contributed by atoms with E-state index in [-0.39, 0.29) is 5.41 Å². The highest BCUT2D eigenvalue weighted by molar-refractivity contribution is 6.30. The third kappa shape index (κ3) is 6.16. The van der Waals surface area contributed by atoms with Gasteiger partial charge in [-0.3, -0.25) is 0 Å². The molecule has 0 saturated carbocycles. The van der Waals surface area contributed by atoms with Crippen molar-refractivity contribution >= 4 is 11.6 Å². The molecule has 0 radical (unpaired) electrons. The molecule has 1 aromatic rings. The molecule has 1 rings (SSSR count). The first-order chi connectivity index (χ1) is 9.86. The minimum Gasteiger partial charge on any atom is -0.475 e. The number of ether oxygens (including phenoxy) is 3. The summed E-state index contributed by atoms with van der Waals surface area (Å²) in [6.07, 6.45) is 0.878. The van der Waals surface area contributed by atoms with Crippen LogP contribution in [-0.2, 0) is 14.9 Å². The highest BCUT2D eigenvalue weighted by Crippen LogP contribution is 2.27. The van der Waals surface area contributed by atoms with E-state index in [4.69, 9.17) is 25.8 Å². The number of hydrogen-bond acceptors (Lipinski definition) is 5. The second kappa shape index (κ2) is 8.51. The summed E-state index contributed by atoms with van der Waals surface area (Å²) in [5.41, 5.74) is 0.579. The molecule has 0 spiro atoms. The van der Waals surface area contributed by atoms with E-state index in [1.165, 1.54) is 0 Å². The molecule has 0 unspecified atom stereocenters. The van der Waals surface area contributed by atoms with E-state index in [0.717, 1.165) is 12.0 Å². The number of nitrogens with zero attached hydrogens (tertiary/aromatic N) is 2. The van der Waals surface area contributed by atoms with E-state index in [0.29, 0.717) is 43.3 Å². The topological polar surface area (TPSA) is 53.5 Å². The van der Waals surface area contributed by atoms with Crippen LogP contribution in [0.5, 0.6) is 5.88 Å². The van der Waals surface area contributed by atoms with Gasteiger partial charge in [-0.15, -0.1) is 0 Å². The van der Waals surface area contributed by atoms with Crippen molar-refractivity contribution in [3.8, 4) is 5.88 Å². The van der Waals surface area contributed by atoms with Crippen molar-refractivity contribution in [1.82, 2.24) is 9.97 Å². The van der Waals surface area contributed by atoms with Crippen molar-refractivity contribution in [2.75, 3.05) is 33.5 Å². The lowest BCUT2D eigenvalue weighted by Crippen LogP contribution is -2.18. The molecule has 6 heteroatoms. The summed E-state index contributed by atoms with van der Waals surface area (Å²) in [6, 6.07) is 0. The second-order valence-electron chi connectivity index (χ2n) is 5.83. The van der Waals surface area contributed by atoms with Crippen LogP contribution in [0.4, 0.5) is 0 Å². The van der Waals surface area contributed by atoms with Crippen molar-refractivity contribution in [3.05, 3.63) is 16.5 Å². The van der Waals surface area contributed by atoms with Crippen LogP contribution < -0.4 is 4.74 Å². The molecular weight excluding hydrogens is 292 g/mol. The van der Waals surface area contributed by atoms with Crippen LogP contribution in [-0.4, -0.2) is 43.5 Å². The highest BCUT2D eigenvalue weighted by atomic mass is 35.5. The monoisotopic (exact) mass is 316 g/mol. The number of rotatable bonds is 8. The second-order valence-corrected chi connectivity index (χ2v) is 6.18. The Balaban J connectivity index is 2.53. The standard InChI is InChI=1S/C15H25ClN2O3/c1-11-12(16)17-14(15(2,3)4)18-13(11)21-10-9-20-8-6-7-19-5/h6-10H2,1-5H3. The van der Waals surface area contributed by atoms with Crippen molar-refractivity contribution in [3.63, 3.8) is 0 Å². The Morgan fingerprint density at radius 1 is 1.05 bits per heavy atom. The molecule has 0 N–H and O–H groups in total. The van der Waals surface area contributed by atoms with Gasteiger partial charge in [0.15, 0.2) is 0 Å². The van der Waals surface area contributed by atoms with Crippen molar-refractivity contribution in [2.45, 2.75) is 39.5 Å². The summed E-state index contributed by atoms with van der Waals surface area (Å²) >= 11 is 6.15. The van der Waals surface area contributed by atoms with E-state index < -0.39 is 0 Å². The molecule has 5 nitrogen and oxygen atoms in total. The summed E-state index contributed by atoms with van der Waals surface area (Å²) in [6.45, 7) is 10.3. The maximum atomic E-state index is 6.15.